The third kappa shape index (κ3) is 4.29. The minimum atomic E-state index is -0.561. The van der Waals surface area contributed by atoms with Gasteiger partial charge in [-0.25, -0.2) is 0 Å². The van der Waals surface area contributed by atoms with Crippen LogP contribution in [-0.2, 0) is 19.1 Å². The van der Waals surface area contributed by atoms with E-state index < -0.39 is 12.1 Å². The van der Waals surface area contributed by atoms with Gasteiger partial charge in [0.15, 0.2) is 0 Å². The van der Waals surface area contributed by atoms with Gasteiger partial charge in [0, 0.05) is 26.2 Å². The first kappa shape index (κ1) is 18.2. The van der Waals surface area contributed by atoms with Crippen LogP contribution in [0, 0.1) is 0 Å². The molecule has 0 aromatic carbocycles. The number of halogens is 1. The molecule has 2 fully saturated rings. The Bertz CT molecular complexity index is 363. The largest absolute Gasteiger partial charge is 0.379 e. The fourth-order valence-electron chi connectivity index (χ4n) is 2.55. The van der Waals surface area contributed by atoms with Gasteiger partial charge in [-0.2, -0.15) is 0 Å². The van der Waals surface area contributed by atoms with Gasteiger partial charge in [-0.05, 0) is 13.3 Å². The van der Waals surface area contributed by atoms with E-state index in [0.29, 0.717) is 45.9 Å². The molecule has 0 aromatic rings. The molecular formula is C13H24ClN3O4. The van der Waals surface area contributed by atoms with Crippen LogP contribution in [-0.4, -0.2) is 79.8 Å². The van der Waals surface area contributed by atoms with Crippen LogP contribution in [0.5, 0.6) is 0 Å². The summed E-state index contributed by atoms with van der Waals surface area (Å²) < 4.78 is 10.6. The second-order valence-electron chi connectivity index (χ2n) is 5.04. The van der Waals surface area contributed by atoms with Gasteiger partial charge in [-0.3, -0.25) is 9.59 Å². The minimum Gasteiger partial charge on any atom is -0.379 e. The summed E-state index contributed by atoms with van der Waals surface area (Å²) in [5.41, 5.74) is 5.74. The summed E-state index contributed by atoms with van der Waals surface area (Å²) in [7, 11) is 0. The molecule has 2 amide bonds. The first-order valence-electron chi connectivity index (χ1n) is 7.15. The molecule has 0 radical (unpaired) electrons. The van der Waals surface area contributed by atoms with Gasteiger partial charge in [0.1, 0.15) is 6.04 Å². The molecule has 0 aromatic heterocycles. The number of ether oxygens (including phenoxy) is 2. The highest BCUT2D eigenvalue weighted by Crippen LogP contribution is 2.16. The standard InChI is InChI=1S/C13H23N3O4.ClH/c1-2-19-9-11(16-4-3-10(14)12(16)17)13(18)15-5-7-20-8-6-15;/h10-11H,2-9,14H2,1H3;1H/t10-,11-;/m0./s1. The second kappa shape index (κ2) is 8.53. The number of nitrogens with zero attached hydrogens (tertiary/aromatic N) is 2. The Morgan fingerprint density at radius 1 is 1.43 bits per heavy atom. The van der Waals surface area contributed by atoms with Crippen molar-refractivity contribution in [2.45, 2.75) is 25.4 Å². The minimum absolute atomic E-state index is 0. The number of hydrogen-bond donors (Lipinski definition) is 1. The Kier molecular flexibility index (Phi) is 7.37. The summed E-state index contributed by atoms with van der Waals surface area (Å²) in [6, 6.07) is -1.05. The quantitative estimate of drug-likeness (QED) is 0.719. The predicted octanol–water partition coefficient (Wildman–Crippen LogP) is -0.768. The van der Waals surface area contributed by atoms with Crippen LogP contribution in [0.3, 0.4) is 0 Å². The van der Waals surface area contributed by atoms with Crippen molar-refractivity contribution in [3.05, 3.63) is 0 Å². The van der Waals surface area contributed by atoms with Gasteiger partial charge < -0.3 is 25.0 Å². The highest BCUT2D eigenvalue weighted by Gasteiger charge is 2.39. The summed E-state index contributed by atoms with van der Waals surface area (Å²) in [4.78, 5) is 28.0. The molecule has 122 valence electrons. The molecule has 2 aliphatic heterocycles. The van der Waals surface area contributed by atoms with Crippen molar-refractivity contribution in [2.75, 3.05) is 46.1 Å². The molecule has 0 saturated carbocycles. The normalized spacial score (nSPS) is 23.9. The SMILES string of the molecule is CCOC[C@@H](C(=O)N1CCOCC1)N1CC[C@H](N)C1=O.Cl. The zero-order chi connectivity index (χ0) is 14.5. The van der Waals surface area contributed by atoms with Gasteiger partial charge >= 0.3 is 0 Å². The fourth-order valence-corrected chi connectivity index (χ4v) is 2.55. The molecule has 2 heterocycles. The molecule has 8 heteroatoms. The molecule has 2 N–H and O–H groups in total. The average molecular weight is 322 g/mol. The van der Waals surface area contributed by atoms with Crippen molar-refractivity contribution < 1.29 is 19.1 Å². The average Bonchev–Trinajstić information content (AvgIpc) is 2.81. The molecule has 0 spiro atoms. The third-order valence-electron chi connectivity index (χ3n) is 3.75. The van der Waals surface area contributed by atoms with Crippen molar-refractivity contribution in [1.29, 1.82) is 0 Å². The van der Waals surface area contributed by atoms with Crippen LogP contribution in [0.15, 0.2) is 0 Å². The van der Waals surface area contributed by atoms with Crippen LogP contribution in [0.25, 0.3) is 0 Å². The number of likely N-dealkylation sites (tertiary alicyclic amines) is 1. The van der Waals surface area contributed by atoms with E-state index in [9.17, 15) is 9.59 Å². The van der Waals surface area contributed by atoms with Gasteiger partial charge in [0.25, 0.3) is 0 Å². The van der Waals surface area contributed by atoms with E-state index in [0.717, 1.165) is 0 Å². The zero-order valence-electron chi connectivity index (χ0n) is 12.3. The Balaban J connectivity index is 0.00000220. The first-order chi connectivity index (χ1) is 9.65. The van der Waals surface area contributed by atoms with E-state index in [1.165, 1.54) is 0 Å². The van der Waals surface area contributed by atoms with Crippen molar-refractivity contribution in [1.82, 2.24) is 9.80 Å². The number of carbonyl (C=O) groups excluding carboxylic acids is 2. The highest BCUT2D eigenvalue weighted by molar-refractivity contribution is 5.91. The zero-order valence-corrected chi connectivity index (χ0v) is 13.1. The fraction of sp³-hybridized carbons (Fsp3) is 0.846. The summed E-state index contributed by atoms with van der Waals surface area (Å²) >= 11 is 0. The molecule has 2 rings (SSSR count). The summed E-state index contributed by atoms with van der Waals surface area (Å²) in [5, 5.41) is 0. The molecule has 0 aliphatic carbocycles. The van der Waals surface area contributed by atoms with Gasteiger partial charge in [0.05, 0.1) is 25.9 Å². The van der Waals surface area contributed by atoms with E-state index >= 15 is 0 Å². The van der Waals surface area contributed by atoms with Crippen LogP contribution in [0.1, 0.15) is 13.3 Å². The maximum absolute atomic E-state index is 12.6. The van der Waals surface area contributed by atoms with Crippen molar-refractivity contribution in [2.24, 2.45) is 5.73 Å². The maximum Gasteiger partial charge on any atom is 0.247 e. The smallest absolute Gasteiger partial charge is 0.247 e. The second-order valence-corrected chi connectivity index (χ2v) is 5.04. The summed E-state index contributed by atoms with van der Waals surface area (Å²) in [5.74, 6) is -0.222. The van der Waals surface area contributed by atoms with Crippen molar-refractivity contribution >= 4 is 24.2 Å². The van der Waals surface area contributed by atoms with Gasteiger partial charge in [-0.15, -0.1) is 12.4 Å². The topological polar surface area (TPSA) is 85.1 Å². The molecular weight excluding hydrogens is 298 g/mol. The van der Waals surface area contributed by atoms with E-state index in [1.54, 1.807) is 9.80 Å². The molecule has 2 aliphatic rings. The van der Waals surface area contributed by atoms with Crippen LogP contribution >= 0.6 is 12.4 Å². The lowest BCUT2D eigenvalue weighted by Crippen LogP contribution is -2.55. The Morgan fingerprint density at radius 2 is 2.10 bits per heavy atom. The summed E-state index contributed by atoms with van der Waals surface area (Å²) in [6.45, 7) is 5.35. The Hall–Kier alpha value is -0.890. The lowest BCUT2D eigenvalue weighted by atomic mass is 10.2. The molecule has 0 bridgehead atoms. The number of hydrogen-bond acceptors (Lipinski definition) is 5. The van der Waals surface area contributed by atoms with Gasteiger partial charge in [0.2, 0.25) is 11.8 Å². The lowest BCUT2D eigenvalue weighted by molar-refractivity contribution is -0.149. The lowest BCUT2D eigenvalue weighted by Gasteiger charge is -2.34. The van der Waals surface area contributed by atoms with E-state index in [1.807, 2.05) is 6.92 Å². The van der Waals surface area contributed by atoms with Crippen molar-refractivity contribution in [3.8, 4) is 0 Å². The molecule has 2 atom stereocenters. The number of carbonyl (C=O) groups is 2. The number of nitrogens with two attached hydrogens (primary N) is 1. The van der Waals surface area contributed by atoms with Crippen molar-refractivity contribution in [3.63, 3.8) is 0 Å². The van der Waals surface area contributed by atoms with Gasteiger partial charge in [-0.1, -0.05) is 0 Å². The first-order valence-corrected chi connectivity index (χ1v) is 7.15. The maximum atomic E-state index is 12.6. The monoisotopic (exact) mass is 321 g/mol. The van der Waals surface area contributed by atoms with E-state index in [2.05, 4.69) is 0 Å². The van der Waals surface area contributed by atoms with E-state index in [4.69, 9.17) is 15.2 Å². The van der Waals surface area contributed by atoms with Crippen LogP contribution < -0.4 is 5.73 Å². The molecule has 21 heavy (non-hydrogen) atoms. The third-order valence-corrected chi connectivity index (χ3v) is 3.75. The van der Waals surface area contributed by atoms with Crippen LogP contribution in [0.2, 0.25) is 0 Å². The highest BCUT2D eigenvalue weighted by atomic mass is 35.5. The Morgan fingerprint density at radius 3 is 2.62 bits per heavy atom. The number of morpholine rings is 1. The molecule has 0 unspecified atom stereocenters. The molecule has 7 nitrogen and oxygen atoms in total. The predicted molar refractivity (Wildman–Crippen MR) is 79.2 cm³/mol. The molecule has 2 saturated heterocycles. The number of amides is 2. The Labute approximate surface area is 131 Å². The summed E-state index contributed by atoms with van der Waals surface area (Å²) in [6.07, 6.45) is 0.595. The van der Waals surface area contributed by atoms with E-state index in [-0.39, 0.29) is 30.8 Å². The number of rotatable bonds is 5. The van der Waals surface area contributed by atoms with Crippen LogP contribution in [0.4, 0.5) is 0 Å².